The molecule has 2 rings (SSSR count). The normalized spacial score (nSPS) is 12.4. The van der Waals surface area contributed by atoms with Crippen molar-refractivity contribution in [2.75, 3.05) is 11.9 Å². The topological polar surface area (TPSA) is 53.4 Å². The molecule has 0 aliphatic carbocycles. The van der Waals surface area contributed by atoms with E-state index in [0.29, 0.717) is 6.04 Å². The van der Waals surface area contributed by atoms with E-state index >= 15 is 0 Å². The smallest absolute Gasteiger partial charge is 0.354 e. The lowest BCUT2D eigenvalue weighted by Gasteiger charge is -2.26. The molecule has 1 aromatic carbocycles. The molecule has 100 valence electrons. The van der Waals surface area contributed by atoms with Gasteiger partial charge in [-0.15, -0.1) is 0 Å². The highest BCUT2D eigenvalue weighted by Crippen LogP contribution is 2.26. The Morgan fingerprint density at radius 2 is 2.11 bits per heavy atom. The van der Waals surface area contributed by atoms with Crippen LogP contribution in [0.3, 0.4) is 0 Å². The van der Waals surface area contributed by atoms with Crippen LogP contribution in [0.1, 0.15) is 30.8 Å². The fourth-order valence-electron chi connectivity index (χ4n) is 2.04. The first-order valence-corrected chi connectivity index (χ1v) is 6.40. The van der Waals surface area contributed by atoms with Gasteiger partial charge in [-0.05, 0) is 24.8 Å². The molecule has 1 N–H and O–H groups in total. The van der Waals surface area contributed by atoms with E-state index in [1.54, 1.807) is 6.07 Å². The number of carboxylic acid groups (broad SMARTS) is 1. The molecule has 2 aromatic rings. The number of fused-ring (bicyclic) bond motifs is 1. The van der Waals surface area contributed by atoms with Crippen LogP contribution in [0.25, 0.3) is 10.8 Å². The SMILES string of the molecule is CCC(C)N(C)c1nc(C(=O)O)cc2ccccc12. The Kier molecular flexibility index (Phi) is 3.69. The number of carboxylic acids is 1. The molecular formula is C15H18N2O2. The summed E-state index contributed by atoms with van der Waals surface area (Å²) in [6.07, 6.45) is 0.976. The Balaban J connectivity index is 2.66. The summed E-state index contributed by atoms with van der Waals surface area (Å²) in [5, 5.41) is 11.0. The molecule has 0 saturated carbocycles. The average Bonchev–Trinajstić information content (AvgIpc) is 2.44. The monoisotopic (exact) mass is 258 g/mol. The minimum atomic E-state index is -0.996. The van der Waals surface area contributed by atoms with Gasteiger partial charge in [-0.1, -0.05) is 31.2 Å². The van der Waals surface area contributed by atoms with E-state index in [2.05, 4.69) is 18.8 Å². The Labute approximate surface area is 112 Å². The number of aromatic nitrogens is 1. The Bertz CT molecular complexity index is 610. The van der Waals surface area contributed by atoms with Gasteiger partial charge in [-0.25, -0.2) is 9.78 Å². The summed E-state index contributed by atoms with van der Waals surface area (Å²) in [6, 6.07) is 9.66. The number of rotatable bonds is 4. The lowest BCUT2D eigenvalue weighted by atomic mass is 10.1. The van der Waals surface area contributed by atoms with Gasteiger partial charge in [0, 0.05) is 18.5 Å². The van der Waals surface area contributed by atoms with Gasteiger partial charge >= 0.3 is 5.97 Å². The highest BCUT2D eigenvalue weighted by atomic mass is 16.4. The average molecular weight is 258 g/mol. The van der Waals surface area contributed by atoms with E-state index in [4.69, 9.17) is 5.11 Å². The van der Waals surface area contributed by atoms with Crippen molar-refractivity contribution >= 4 is 22.6 Å². The number of carbonyl (C=O) groups is 1. The molecule has 4 nitrogen and oxygen atoms in total. The lowest BCUT2D eigenvalue weighted by molar-refractivity contribution is 0.0691. The first kappa shape index (κ1) is 13.3. The maximum Gasteiger partial charge on any atom is 0.354 e. The quantitative estimate of drug-likeness (QED) is 0.915. The van der Waals surface area contributed by atoms with Crippen molar-refractivity contribution in [3.05, 3.63) is 36.0 Å². The summed E-state index contributed by atoms with van der Waals surface area (Å²) in [6.45, 7) is 4.20. The molecule has 0 amide bonds. The number of hydrogen-bond acceptors (Lipinski definition) is 3. The Hall–Kier alpha value is -2.10. The summed E-state index contributed by atoms with van der Waals surface area (Å²) in [5.74, 6) is -0.269. The molecule has 1 unspecified atom stereocenters. The van der Waals surface area contributed by atoms with Gasteiger partial charge < -0.3 is 10.0 Å². The molecule has 0 spiro atoms. The number of benzene rings is 1. The minimum Gasteiger partial charge on any atom is -0.477 e. The number of aromatic carboxylic acids is 1. The molecular weight excluding hydrogens is 240 g/mol. The van der Waals surface area contributed by atoms with Crippen molar-refractivity contribution < 1.29 is 9.90 Å². The van der Waals surface area contributed by atoms with Crippen LogP contribution in [0.4, 0.5) is 5.82 Å². The van der Waals surface area contributed by atoms with Gasteiger partial charge in [-0.2, -0.15) is 0 Å². The summed E-state index contributed by atoms with van der Waals surface area (Å²) in [4.78, 5) is 17.5. The first-order valence-electron chi connectivity index (χ1n) is 6.40. The van der Waals surface area contributed by atoms with E-state index in [-0.39, 0.29) is 5.69 Å². The molecule has 0 radical (unpaired) electrons. The van der Waals surface area contributed by atoms with Gasteiger partial charge in [0.25, 0.3) is 0 Å². The molecule has 1 heterocycles. The lowest BCUT2D eigenvalue weighted by Crippen LogP contribution is -2.29. The standard InChI is InChI=1S/C15H18N2O2/c1-4-10(2)17(3)14-12-8-6-5-7-11(12)9-13(16-14)15(18)19/h5-10H,4H2,1-3H3,(H,18,19). The van der Waals surface area contributed by atoms with Crippen molar-refractivity contribution in [3.63, 3.8) is 0 Å². The molecule has 0 aliphatic heterocycles. The number of nitrogens with zero attached hydrogens (tertiary/aromatic N) is 2. The molecule has 0 bridgehead atoms. The predicted molar refractivity (Wildman–Crippen MR) is 76.9 cm³/mol. The second-order valence-electron chi connectivity index (χ2n) is 4.73. The van der Waals surface area contributed by atoms with Crippen molar-refractivity contribution in [3.8, 4) is 0 Å². The van der Waals surface area contributed by atoms with E-state index in [0.717, 1.165) is 23.0 Å². The van der Waals surface area contributed by atoms with Crippen LogP contribution in [0.15, 0.2) is 30.3 Å². The number of anilines is 1. The van der Waals surface area contributed by atoms with Crippen LogP contribution in [-0.4, -0.2) is 29.1 Å². The van der Waals surface area contributed by atoms with Crippen LogP contribution in [0.2, 0.25) is 0 Å². The van der Waals surface area contributed by atoms with E-state index in [1.165, 1.54) is 0 Å². The summed E-state index contributed by atoms with van der Waals surface area (Å²) >= 11 is 0. The zero-order chi connectivity index (χ0) is 14.0. The zero-order valence-corrected chi connectivity index (χ0v) is 11.4. The fourth-order valence-corrected chi connectivity index (χ4v) is 2.04. The van der Waals surface area contributed by atoms with Crippen molar-refractivity contribution in [2.45, 2.75) is 26.3 Å². The summed E-state index contributed by atoms with van der Waals surface area (Å²) < 4.78 is 0. The summed E-state index contributed by atoms with van der Waals surface area (Å²) in [5.41, 5.74) is 0.0869. The van der Waals surface area contributed by atoms with E-state index in [1.807, 2.05) is 36.2 Å². The third-order valence-corrected chi connectivity index (χ3v) is 3.53. The molecule has 0 aliphatic rings. The van der Waals surface area contributed by atoms with Crippen molar-refractivity contribution in [2.24, 2.45) is 0 Å². The molecule has 0 saturated heterocycles. The van der Waals surface area contributed by atoms with Gasteiger partial charge in [0.2, 0.25) is 0 Å². The maximum absolute atomic E-state index is 11.2. The van der Waals surface area contributed by atoms with E-state index in [9.17, 15) is 4.79 Å². The van der Waals surface area contributed by atoms with Crippen LogP contribution >= 0.6 is 0 Å². The third-order valence-electron chi connectivity index (χ3n) is 3.53. The van der Waals surface area contributed by atoms with Crippen LogP contribution < -0.4 is 4.90 Å². The van der Waals surface area contributed by atoms with Gasteiger partial charge in [0.05, 0.1) is 0 Å². The zero-order valence-electron chi connectivity index (χ0n) is 11.4. The Morgan fingerprint density at radius 1 is 1.42 bits per heavy atom. The highest BCUT2D eigenvalue weighted by Gasteiger charge is 2.16. The van der Waals surface area contributed by atoms with Crippen molar-refractivity contribution in [1.82, 2.24) is 4.98 Å². The largest absolute Gasteiger partial charge is 0.477 e. The summed E-state index contributed by atoms with van der Waals surface area (Å²) in [7, 11) is 1.95. The first-order chi connectivity index (χ1) is 9.04. The maximum atomic E-state index is 11.2. The van der Waals surface area contributed by atoms with Crippen LogP contribution in [-0.2, 0) is 0 Å². The van der Waals surface area contributed by atoms with Crippen LogP contribution in [0.5, 0.6) is 0 Å². The highest BCUT2D eigenvalue weighted by molar-refractivity contribution is 5.98. The molecule has 1 aromatic heterocycles. The second-order valence-corrected chi connectivity index (χ2v) is 4.73. The second kappa shape index (κ2) is 5.26. The predicted octanol–water partition coefficient (Wildman–Crippen LogP) is 3.17. The van der Waals surface area contributed by atoms with E-state index < -0.39 is 5.97 Å². The molecule has 0 fully saturated rings. The molecule has 1 atom stereocenters. The van der Waals surface area contributed by atoms with Gasteiger partial charge in [-0.3, -0.25) is 0 Å². The van der Waals surface area contributed by atoms with Crippen LogP contribution in [0, 0.1) is 0 Å². The van der Waals surface area contributed by atoms with Gasteiger partial charge in [0.1, 0.15) is 5.82 Å². The fraction of sp³-hybridized carbons (Fsp3) is 0.333. The Morgan fingerprint density at radius 3 is 2.74 bits per heavy atom. The number of pyridine rings is 1. The molecule has 4 heteroatoms. The minimum absolute atomic E-state index is 0.0869. The molecule has 19 heavy (non-hydrogen) atoms. The van der Waals surface area contributed by atoms with Crippen molar-refractivity contribution in [1.29, 1.82) is 0 Å². The number of hydrogen-bond donors (Lipinski definition) is 1. The third kappa shape index (κ3) is 2.52. The van der Waals surface area contributed by atoms with Gasteiger partial charge in [0.15, 0.2) is 5.69 Å².